The van der Waals surface area contributed by atoms with Crippen molar-refractivity contribution in [3.63, 3.8) is 0 Å². The van der Waals surface area contributed by atoms with E-state index in [2.05, 4.69) is 20.2 Å². The van der Waals surface area contributed by atoms with Gasteiger partial charge in [0.1, 0.15) is 23.5 Å². The van der Waals surface area contributed by atoms with Crippen LogP contribution in [-0.4, -0.2) is 65.7 Å². The third-order valence-corrected chi connectivity index (χ3v) is 6.76. The van der Waals surface area contributed by atoms with E-state index in [1.165, 1.54) is 7.11 Å². The molecule has 194 valence electrons. The van der Waals surface area contributed by atoms with Crippen LogP contribution in [0.3, 0.4) is 0 Å². The minimum atomic E-state index is -0.430. The van der Waals surface area contributed by atoms with Crippen molar-refractivity contribution in [3.8, 4) is 11.5 Å². The van der Waals surface area contributed by atoms with Crippen molar-refractivity contribution in [2.75, 3.05) is 39.1 Å². The first kappa shape index (κ1) is 24.8. The third kappa shape index (κ3) is 4.76. The first-order chi connectivity index (χ1) is 17.7. The number of para-hydroxylation sites is 1. The van der Waals surface area contributed by atoms with E-state index in [4.69, 9.17) is 13.9 Å². The normalized spacial score (nSPS) is 17.2. The van der Waals surface area contributed by atoms with Crippen molar-refractivity contribution >= 4 is 33.8 Å². The van der Waals surface area contributed by atoms with Gasteiger partial charge in [0.05, 0.1) is 24.1 Å². The number of hydrogen-bond acceptors (Lipinski definition) is 8. The molecule has 3 heterocycles. The van der Waals surface area contributed by atoms with E-state index in [0.717, 1.165) is 24.9 Å². The lowest BCUT2D eigenvalue weighted by atomic mass is 10.1. The maximum Gasteiger partial charge on any atom is 0.415 e. The molecule has 10 heteroatoms. The number of fused-ring (bicyclic) bond motifs is 2. The molecule has 2 atom stereocenters. The second kappa shape index (κ2) is 9.85. The number of nitrogens with zero attached hydrogens (tertiary/aromatic N) is 4. The van der Waals surface area contributed by atoms with Crippen LogP contribution in [0.25, 0.3) is 21.9 Å². The Labute approximate surface area is 214 Å². The Morgan fingerprint density at radius 2 is 2.03 bits per heavy atom. The SMILES string of the molecule is COc1cc2nc(C)nc(N[C@H](C)c3cccc4c(F)coc34)c2cc1OC(=O)N1CCN(C)CC1C. The number of ether oxygens (including phenoxy) is 2. The highest BCUT2D eigenvalue weighted by atomic mass is 19.1. The summed E-state index contributed by atoms with van der Waals surface area (Å²) < 4.78 is 30.9. The van der Waals surface area contributed by atoms with E-state index < -0.39 is 11.9 Å². The molecule has 9 nitrogen and oxygen atoms in total. The molecule has 0 radical (unpaired) electrons. The number of likely N-dealkylation sites (N-methyl/N-ethyl adjacent to an activating group) is 1. The molecule has 37 heavy (non-hydrogen) atoms. The smallest absolute Gasteiger partial charge is 0.415 e. The fourth-order valence-electron chi connectivity index (χ4n) is 4.84. The Morgan fingerprint density at radius 3 is 2.78 bits per heavy atom. The van der Waals surface area contributed by atoms with E-state index in [-0.39, 0.29) is 17.8 Å². The average molecular weight is 508 g/mol. The molecule has 0 aliphatic carbocycles. The zero-order valence-electron chi connectivity index (χ0n) is 21.5. The molecule has 1 fully saturated rings. The lowest BCUT2D eigenvalue weighted by molar-refractivity contribution is 0.0886. The number of benzene rings is 2. The number of carbonyl (C=O) groups excluding carboxylic acids is 1. The summed E-state index contributed by atoms with van der Waals surface area (Å²) >= 11 is 0. The van der Waals surface area contributed by atoms with Crippen molar-refractivity contribution in [1.29, 1.82) is 0 Å². The number of nitrogens with one attached hydrogen (secondary N) is 1. The fraction of sp³-hybridized carbons (Fsp3) is 0.370. The molecule has 1 unspecified atom stereocenters. The molecule has 2 aromatic carbocycles. The number of methoxy groups -OCH3 is 1. The standard InChI is InChI=1S/C27H30FN5O4/c1-15-13-32(4)9-10-33(15)27(34)37-24-11-20-22(12-23(24)35-5)30-17(3)31-26(20)29-16(2)18-7-6-8-19-21(28)14-36-25(18)19/h6-8,11-12,14-16H,9-10,13H2,1-5H3,(H,29,30,31)/t15?,16-/m1/s1. The Balaban J connectivity index is 1.49. The lowest BCUT2D eigenvalue weighted by Crippen LogP contribution is -2.53. The van der Waals surface area contributed by atoms with Gasteiger partial charge < -0.3 is 29.0 Å². The highest BCUT2D eigenvalue weighted by molar-refractivity contribution is 5.93. The van der Waals surface area contributed by atoms with Gasteiger partial charge in [-0.05, 0) is 40.0 Å². The Morgan fingerprint density at radius 1 is 1.22 bits per heavy atom. The third-order valence-electron chi connectivity index (χ3n) is 6.76. The second-order valence-corrected chi connectivity index (χ2v) is 9.49. The highest BCUT2D eigenvalue weighted by Crippen LogP contribution is 2.36. The Kier molecular flexibility index (Phi) is 6.59. The minimum Gasteiger partial charge on any atom is -0.493 e. The maximum absolute atomic E-state index is 14.1. The molecule has 0 saturated carbocycles. The molecule has 0 spiro atoms. The van der Waals surface area contributed by atoms with Crippen LogP contribution < -0.4 is 14.8 Å². The first-order valence-corrected chi connectivity index (χ1v) is 12.2. The zero-order chi connectivity index (χ0) is 26.3. The number of halogens is 1. The summed E-state index contributed by atoms with van der Waals surface area (Å²) in [5.41, 5.74) is 1.90. The second-order valence-electron chi connectivity index (χ2n) is 9.49. The summed E-state index contributed by atoms with van der Waals surface area (Å²) in [5, 5.41) is 4.49. The van der Waals surface area contributed by atoms with Crippen LogP contribution in [0.5, 0.6) is 11.5 Å². The summed E-state index contributed by atoms with van der Waals surface area (Å²) in [7, 11) is 3.56. The molecule has 1 N–H and O–H groups in total. The number of furan rings is 1. The molecule has 4 aromatic rings. The van der Waals surface area contributed by atoms with Gasteiger partial charge in [-0.2, -0.15) is 0 Å². The van der Waals surface area contributed by atoms with Gasteiger partial charge >= 0.3 is 6.09 Å². The molecule has 5 rings (SSSR count). The summed E-state index contributed by atoms with van der Waals surface area (Å²) in [4.78, 5) is 26.1. The van der Waals surface area contributed by atoms with Gasteiger partial charge in [-0.1, -0.05) is 12.1 Å². The maximum atomic E-state index is 14.1. The van der Waals surface area contributed by atoms with Crippen LogP contribution in [0.2, 0.25) is 0 Å². The van der Waals surface area contributed by atoms with Gasteiger partial charge in [-0.3, -0.25) is 0 Å². The molecule has 1 aliphatic rings. The van der Waals surface area contributed by atoms with E-state index in [9.17, 15) is 9.18 Å². The fourth-order valence-corrected chi connectivity index (χ4v) is 4.84. The van der Waals surface area contributed by atoms with Gasteiger partial charge in [-0.25, -0.2) is 19.2 Å². The van der Waals surface area contributed by atoms with E-state index in [1.807, 2.05) is 27.0 Å². The molecular formula is C27H30FN5O4. The van der Waals surface area contributed by atoms with Crippen LogP contribution >= 0.6 is 0 Å². The molecule has 1 amide bonds. The number of aromatic nitrogens is 2. The van der Waals surface area contributed by atoms with Gasteiger partial charge in [0.25, 0.3) is 0 Å². The molecule has 1 saturated heterocycles. The topological polar surface area (TPSA) is 93.0 Å². The minimum absolute atomic E-state index is 0.0240. The summed E-state index contributed by atoms with van der Waals surface area (Å²) in [6.45, 7) is 7.87. The number of amides is 1. The van der Waals surface area contributed by atoms with Crippen LogP contribution in [0.15, 0.2) is 41.0 Å². The predicted octanol–water partition coefficient (Wildman–Crippen LogP) is 5.14. The number of piperazine rings is 1. The molecule has 2 aromatic heterocycles. The van der Waals surface area contributed by atoms with Gasteiger partial charge in [0, 0.05) is 42.7 Å². The Bertz CT molecular complexity index is 1470. The number of anilines is 1. The highest BCUT2D eigenvalue weighted by Gasteiger charge is 2.28. The quantitative estimate of drug-likeness (QED) is 0.397. The predicted molar refractivity (Wildman–Crippen MR) is 139 cm³/mol. The van der Waals surface area contributed by atoms with Crippen molar-refractivity contribution in [3.05, 3.63) is 53.8 Å². The molecular weight excluding hydrogens is 477 g/mol. The molecule has 0 bridgehead atoms. The van der Waals surface area contributed by atoms with Gasteiger partial charge in [0.2, 0.25) is 0 Å². The van der Waals surface area contributed by atoms with Crippen molar-refractivity contribution in [2.24, 2.45) is 0 Å². The monoisotopic (exact) mass is 507 g/mol. The summed E-state index contributed by atoms with van der Waals surface area (Å²) in [6, 6.07) is 8.56. The van der Waals surface area contributed by atoms with Crippen molar-refractivity contribution in [2.45, 2.75) is 32.9 Å². The van der Waals surface area contributed by atoms with Crippen molar-refractivity contribution < 1.29 is 23.1 Å². The first-order valence-electron chi connectivity index (χ1n) is 12.2. The van der Waals surface area contributed by atoms with E-state index in [1.54, 1.807) is 36.1 Å². The van der Waals surface area contributed by atoms with Gasteiger partial charge in [0.15, 0.2) is 17.3 Å². The van der Waals surface area contributed by atoms with Crippen LogP contribution in [0.1, 0.15) is 31.3 Å². The number of aryl methyl sites for hydroxylation is 1. The Hall–Kier alpha value is -3.92. The average Bonchev–Trinajstić information content (AvgIpc) is 3.24. The number of rotatable bonds is 5. The van der Waals surface area contributed by atoms with Gasteiger partial charge in [-0.15, -0.1) is 0 Å². The van der Waals surface area contributed by atoms with E-state index >= 15 is 0 Å². The van der Waals surface area contributed by atoms with E-state index in [0.29, 0.717) is 45.8 Å². The van der Waals surface area contributed by atoms with Crippen LogP contribution in [-0.2, 0) is 0 Å². The molecule has 1 aliphatic heterocycles. The van der Waals surface area contributed by atoms with Crippen LogP contribution in [0.4, 0.5) is 15.0 Å². The summed E-state index contributed by atoms with van der Waals surface area (Å²) in [5.74, 6) is 1.38. The zero-order valence-corrected chi connectivity index (χ0v) is 21.5. The lowest BCUT2D eigenvalue weighted by Gasteiger charge is -2.37. The van der Waals surface area contributed by atoms with Crippen LogP contribution in [0, 0.1) is 12.7 Å². The largest absolute Gasteiger partial charge is 0.493 e. The van der Waals surface area contributed by atoms with Crippen molar-refractivity contribution in [1.82, 2.24) is 19.8 Å². The number of carbonyl (C=O) groups is 1. The number of hydrogen-bond donors (Lipinski definition) is 1. The summed E-state index contributed by atoms with van der Waals surface area (Å²) in [6.07, 6.45) is 0.680.